The molecule has 1 aliphatic rings. The summed E-state index contributed by atoms with van der Waals surface area (Å²) in [6.07, 6.45) is 0.395. The summed E-state index contributed by atoms with van der Waals surface area (Å²) in [7, 11) is 0. The van der Waals surface area contributed by atoms with Gasteiger partial charge in [0.15, 0.2) is 0 Å². The van der Waals surface area contributed by atoms with Crippen molar-refractivity contribution in [3.05, 3.63) is 0 Å². The molecule has 0 aromatic rings. The van der Waals surface area contributed by atoms with Crippen molar-refractivity contribution in [2.45, 2.75) is 31.1 Å². The third-order valence-electron chi connectivity index (χ3n) is 2.46. The minimum Gasteiger partial charge on any atom is -0.480 e. The molecule has 0 aliphatic carbocycles. The Bertz CT molecular complexity index is 271. The van der Waals surface area contributed by atoms with Crippen molar-refractivity contribution in [3.63, 3.8) is 0 Å². The normalized spacial score (nSPS) is 26.4. The van der Waals surface area contributed by atoms with Gasteiger partial charge in [-0.2, -0.15) is 0 Å². The first kappa shape index (κ1) is 12.9. The number of nitrogens with one attached hydrogen (secondary N) is 1. The number of hydrogen-bond acceptors (Lipinski definition) is 5. The van der Waals surface area contributed by atoms with Gasteiger partial charge in [0.25, 0.3) is 0 Å². The number of aliphatic hydroxyl groups excluding tert-OH is 1. The Morgan fingerprint density at radius 1 is 1.50 bits per heavy atom. The number of ether oxygens (including phenoxy) is 1. The molecule has 1 fully saturated rings. The molecule has 0 aromatic carbocycles. The summed E-state index contributed by atoms with van der Waals surface area (Å²) in [5, 5.41) is 19.6. The Kier molecular flexibility index (Phi) is 4.66. The molecule has 1 rings (SSSR count). The van der Waals surface area contributed by atoms with E-state index in [0.29, 0.717) is 19.4 Å². The van der Waals surface area contributed by atoms with Gasteiger partial charge in [0, 0.05) is 6.54 Å². The molecule has 1 saturated heterocycles. The van der Waals surface area contributed by atoms with Gasteiger partial charge in [-0.1, -0.05) is 0 Å². The Morgan fingerprint density at radius 3 is 2.62 bits per heavy atom. The molecule has 1 amide bonds. The van der Waals surface area contributed by atoms with Crippen molar-refractivity contribution in [2.24, 2.45) is 5.73 Å². The summed E-state index contributed by atoms with van der Waals surface area (Å²) in [4.78, 5) is 22.1. The van der Waals surface area contributed by atoms with Crippen LogP contribution >= 0.6 is 0 Å². The van der Waals surface area contributed by atoms with E-state index in [0.717, 1.165) is 0 Å². The molecule has 5 N–H and O–H groups in total. The van der Waals surface area contributed by atoms with Gasteiger partial charge < -0.3 is 26.0 Å². The fourth-order valence-electron chi connectivity index (χ4n) is 1.52. The highest BCUT2D eigenvalue weighted by molar-refractivity contribution is 5.86. The number of aliphatic hydroxyl groups is 1. The van der Waals surface area contributed by atoms with Gasteiger partial charge in [-0.15, -0.1) is 0 Å². The van der Waals surface area contributed by atoms with Gasteiger partial charge in [-0.25, -0.2) is 4.79 Å². The summed E-state index contributed by atoms with van der Waals surface area (Å²) >= 11 is 0. The summed E-state index contributed by atoms with van der Waals surface area (Å²) < 4.78 is 5.29. The average molecular weight is 232 g/mol. The van der Waals surface area contributed by atoms with Crippen molar-refractivity contribution in [3.8, 4) is 0 Å². The largest absolute Gasteiger partial charge is 0.480 e. The summed E-state index contributed by atoms with van der Waals surface area (Å²) in [5.74, 6) is -1.79. The van der Waals surface area contributed by atoms with Gasteiger partial charge in [0.1, 0.15) is 12.1 Å². The summed E-state index contributed by atoms with van der Waals surface area (Å²) in [5.41, 5.74) is 5.38. The molecule has 0 radical (unpaired) electrons. The average Bonchev–Trinajstić information content (AvgIpc) is 2.73. The quantitative estimate of drug-likeness (QED) is 0.437. The zero-order valence-electron chi connectivity index (χ0n) is 8.76. The van der Waals surface area contributed by atoms with E-state index in [4.69, 9.17) is 20.7 Å². The molecule has 0 saturated carbocycles. The minimum absolute atomic E-state index is 0.145. The molecule has 16 heavy (non-hydrogen) atoms. The van der Waals surface area contributed by atoms with E-state index in [1.54, 1.807) is 0 Å². The third kappa shape index (κ3) is 3.16. The molecule has 0 bridgehead atoms. The molecule has 7 heteroatoms. The van der Waals surface area contributed by atoms with Gasteiger partial charge in [0.05, 0.1) is 12.7 Å². The molecule has 1 heterocycles. The topological polar surface area (TPSA) is 122 Å². The predicted molar refractivity (Wildman–Crippen MR) is 53.6 cm³/mol. The van der Waals surface area contributed by atoms with Gasteiger partial charge >= 0.3 is 5.97 Å². The van der Waals surface area contributed by atoms with Gasteiger partial charge in [0.2, 0.25) is 5.91 Å². The van der Waals surface area contributed by atoms with Crippen LogP contribution in [-0.2, 0) is 14.3 Å². The highest BCUT2D eigenvalue weighted by atomic mass is 16.5. The Balaban J connectivity index is 2.43. The Morgan fingerprint density at radius 2 is 2.19 bits per heavy atom. The molecule has 0 aromatic heterocycles. The molecule has 2 unspecified atom stereocenters. The molecular weight excluding hydrogens is 216 g/mol. The standard InChI is InChI=1S/C9H16N2O5/c10-3-5-1-2-7(16-5)8(13)11-6(4-12)9(14)15/h5-7,12H,1-4,10H2,(H,11,13)(H,14,15)/t5?,6-,7?/m1/s1. The van der Waals surface area contributed by atoms with Crippen LogP contribution in [0, 0.1) is 0 Å². The maximum atomic E-state index is 11.5. The molecular formula is C9H16N2O5. The lowest BCUT2D eigenvalue weighted by Crippen LogP contribution is -2.47. The van der Waals surface area contributed by atoms with Crippen LogP contribution in [0.2, 0.25) is 0 Å². The number of hydrogen-bond donors (Lipinski definition) is 4. The van der Waals surface area contributed by atoms with Crippen molar-refractivity contribution in [1.82, 2.24) is 5.32 Å². The Labute approximate surface area is 92.6 Å². The summed E-state index contributed by atoms with van der Waals surface area (Å²) in [6, 6.07) is -1.28. The van der Waals surface area contributed by atoms with Crippen LogP contribution in [0.1, 0.15) is 12.8 Å². The second-order valence-electron chi connectivity index (χ2n) is 3.64. The molecule has 1 aliphatic heterocycles. The minimum atomic E-state index is -1.28. The number of carbonyl (C=O) groups is 2. The van der Waals surface area contributed by atoms with E-state index in [1.165, 1.54) is 0 Å². The number of carbonyl (C=O) groups excluding carboxylic acids is 1. The SMILES string of the molecule is NCC1CCC(C(=O)N[C@H](CO)C(=O)O)O1. The summed E-state index contributed by atoms with van der Waals surface area (Å²) in [6.45, 7) is -0.305. The van der Waals surface area contributed by atoms with Crippen molar-refractivity contribution in [1.29, 1.82) is 0 Å². The van der Waals surface area contributed by atoms with Crippen molar-refractivity contribution >= 4 is 11.9 Å². The number of nitrogens with two attached hydrogens (primary N) is 1. The van der Waals surface area contributed by atoms with Crippen LogP contribution in [0.25, 0.3) is 0 Å². The number of carboxylic acid groups (broad SMARTS) is 1. The number of aliphatic carboxylic acids is 1. The second kappa shape index (κ2) is 5.78. The first-order valence-corrected chi connectivity index (χ1v) is 5.08. The molecule has 92 valence electrons. The van der Waals surface area contributed by atoms with Crippen LogP contribution in [0.4, 0.5) is 0 Å². The second-order valence-corrected chi connectivity index (χ2v) is 3.64. The van der Waals surface area contributed by atoms with Crippen LogP contribution in [-0.4, -0.2) is 53.5 Å². The van der Waals surface area contributed by atoms with Crippen LogP contribution in [0.3, 0.4) is 0 Å². The number of rotatable bonds is 5. The lowest BCUT2D eigenvalue weighted by molar-refractivity contribution is -0.145. The highest BCUT2D eigenvalue weighted by Crippen LogP contribution is 2.18. The first-order chi connectivity index (χ1) is 7.58. The van der Waals surface area contributed by atoms with Gasteiger partial charge in [-0.3, -0.25) is 4.79 Å². The van der Waals surface area contributed by atoms with Crippen LogP contribution in [0.5, 0.6) is 0 Å². The van der Waals surface area contributed by atoms with Crippen LogP contribution in [0.15, 0.2) is 0 Å². The van der Waals surface area contributed by atoms with Crippen molar-refractivity contribution in [2.75, 3.05) is 13.2 Å². The third-order valence-corrected chi connectivity index (χ3v) is 2.46. The van der Waals surface area contributed by atoms with Crippen molar-refractivity contribution < 1.29 is 24.5 Å². The number of carboxylic acids is 1. The zero-order chi connectivity index (χ0) is 12.1. The lowest BCUT2D eigenvalue weighted by Gasteiger charge is -2.16. The zero-order valence-corrected chi connectivity index (χ0v) is 8.76. The fourth-order valence-corrected chi connectivity index (χ4v) is 1.52. The van der Waals surface area contributed by atoms with E-state index in [9.17, 15) is 9.59 Å². The van der Waals surface area contributed by atoms with Gasteiger partial charge in [-0.05, 0) is 12.8 Å². The molecule has 0 spiro atoms. The smallest absolute Gasteiger partial charge is 0.328 e. The molecule has 7 nitrogen and oxygen atoms in total. The fraction of sp³-hybridized carbons (Fsp3) is 0.778. The van der Waals surface area contributed by atoms with E-state index < -0.39 is 30.6 Å². The van der Waals surface area contributed by atoms with Crippen LogP contribution < -0.4 is 11.1 Å². The first-order valence-electron chi connectivity index (χ1n) is 5.08. The monoisotopic (exact) mass is 232 g/mol. The maximum absolute atomic E-state index is 11.5. The molecule has 3 atom stereocenters. The number of amides is 1. The maximum Gasteiger partial charge on any atom is 0.328 e. The highest BCUT2D eigenvalue weighted by Gasteiger charge is 2.32. The van der Waals surface area contributed by atoms with E-state index in [1.807, 2.05) is 0 Å². The van der Waals surface area contributed by atoms with E-state index >= 15 is 0 Å². The Hall–Kier alpha value is -1.18. The predicted octanol–water partition coefficient (Wildman–Crippen LogP) is -1.95. The van der Waals surface area contributed by atoms with E-state index in [-0.39, 0.29) is 6.10 Å². The van der Waals surface area contributed by atoms with E-state index in [2.05, 4.69) is 5.32 Å². The lowest BCUT2D eigenvalue weighted by atomic mass is 10.2.